The molecule has 0 spiro atoms. The van der Waals surface area contributed by atoms with Crippen molar-refractivity contribution in [3.8, 4) is 0 Å². The maximum atomic E-state index is 11.8. The molecule has 9 heteroatoms. The quantitative estimate of drug-likeness (QED) is 0.434. The van der Waals surface area contributed by atoms with E-state index in [1.165, 1.54) is 23.1 Å². The predicted octanol–water partition coefficient (Wildman–Crippen LogP) is 1.49. The number of carbonyl (C=O) groups excluding carboxylic acids is 1. The van der Waals surface area contributed by atoms with Gasteiger partial charge in [0.1, 0.15) is 17.6 Å². The summed E-state index contributed by atoms with van der Waals surface area (Å²) in [5.74, 6) is -0.406. The largest absolute Gasteiger partial charge is 0.271 e. The Morgan fingerprint density at radius 3 is 2.58 bits per heavy atom. The highest BCUT2D eigenvalue weighted by molar-refractivity contribution is 5.83. The van der Waals surface area contributed by atoms with Crippen LogP contribution in [0.25, 0.3) is 11.0 Å². The Balaban J connectivity index is 1.60. The Kier molecular flexibility index (Phi) is 4.23. The van der Waals surface area contributed by atoms with Crippen molar-refractivity contribution in [3.63, 3.8) is 0 Å². The third kappa shape index (κ3) is 3.58. The molecule has 0 fully saturated rings. The molecule has 1 aromatic heterocycles. The highest BCUT2D eigenvalue weighted by Crippen LogP contribution is 2.11. The van der Waals surface area contributed by atoms with Crippen molar-refractivity contribution in [2.45, 2.75) is 6.54 Å². The van der Waals surface area contributed by atoms with Crippen LogP contribution in [0, 0.1) is 10.1 Å². The highest BCUT2D eigenvalue weighted by Gasteiger charge is 2.07. The second-order valence-corrected chi connectivity index (χ2v) is 4.86. The van der Waals surface area contributed by atoms with E-state index < -0.39 is 10.8 Å². The van der Waals surface area contributed by atoms with Gasteiger partial charge in [-0.25, -0.2) is 5.43 Å². The second kappa shape index (κ2) is 6.65. The molecule has 24 heavy (non-hydrogen) atoms. The predicted molar refractivity (Wildman–Crippen MR) is 86.4 cm³/mol. The third-order valence-corrected chi connectivity index (χ3v) is 3.10. The molecule has 0 aliphatic rings. The Morgan fingerprint density at radius 1 is 1.21 bits per heavy atom. The molecule has 9 nitrogen and oxygen atoms in total. The minimum absolute atomic E-state index is 0.0438. The smallest absolute Gasteiger partial charge is 0.270 e. The Hall–Kier alpha value is -3.62. The van der Waals surface area contributed by atoms with Gasteiger partial charge in [-0.3, -0.25) is 14.9 Å². The van der Waals surface area contributed by atoms with Gasteiger partial charge < -0.3 is 0 Å². The van der Waals surface area contributed by atoms with Crippen LogP contribution in [0.15, 0.2) is 53.6 Å². The number of nitro benzene ring substituents is 1. The van der Waals surface area contributed by atoms with Crippen molar-refractivity contribution in [3.05, 3.63) is 64.2 Å². The van der Waals surface area contributed by atoms with E-state index in [1.807, 2.05) is 12.1 Å². The van der Waals surface area contributed by atoms with Crippen LogP contribution in [0.5, 0.6) is 0 Å². The number of hydrogen-bond acceptors (Lipinski definition) is 6. The number of nitrogens with zero attached hydrogens (tertiary/aromatic N) is 5. The lowest BCUT2D eigenvalue weighted by Crippen LogP contribution is -2.24. The molecule has 0 bridgehead atoms. The van der Waals surface area contributed by atoms with Crippen LogP contribution in [0.4, 0.5) is 5.69 Å². The zero-order valence-electron chi connectivity index (χ0n) is 12.4. The monoisotopic (exact) mass is 324 g/mol. The van der Waals surface area contributed by atoms with Crippen LogP contribution >= 0.6 is 0 Å². The van der Waals surface area contributed by atoms with Crippen LogP contribution in [0.3, 0.4) is 0 Å². The number of fused-ring (bicyclic) bond motifs is 1. The number of benzene rings is 2. The summed E-state index contributed by atoms with van der Waals surface area (Å²) in [6, 6.07) is 13.2. The summed E-state index contributed by atoms with van der Waals surface area (Å²) in [7, 11) is 0. The molecule has 1 N–H and O–H groups in total. The molecule has 0 unspecified atom stereocenters. The molecule has 2 aromatic carbocycles. The average molecular weight is 324 g/mol. The molecular formula is C15H12N6O3. The fourth-order valence-corrected chi connectivity index (χ4v) is 2.04. The summed E-state index contributed by atoms with van der Waals surface area (Å²) in [5, 5.41) is 22.8. The van der Waals surface area contributed by atoms with Gasteiger partial charge in [0, 0.05) is 17.7 Å². The van der Waals surface area contributed by atoms with E-state index in [0.717, 1.165) is 0 Å². The number of non-ortho nitro benzene ring substituents is 1. The van der Waals surface area contributed by atoms with Crippen LogP contribution in [-0.2, 0) is 11.3 Å². The number of aromatic nitrogens is 3. The lowest BCUT2D eigenvalue weighted by molar-refractivity contribution is -0.384. The Morgan fingerprint density at radius 2 is 1.92 bits per heavy atom. The number of nitrogens with one attached hydrogen (secondary N) is 1. The normalized spacial score (nSPS) is 11.0. The number of nitro groups is 1. The van der Waals surface area contributed by atoms with Crippen molar-refractivity contribution in [2.75, 3.05) is 0 Å². The van der Waals surface area contributed by atoms with Crippen molar-refractivity contribution < 1.29 is 9.72 Å². The molecule has 0 aliphatic carbocycles. The summed E-state index contributed by atoms with van der Waals surface area (Å²) in [4.78, 5) is 23.3. The number of amides is 1. The molecule has 120 valence electrons. The van der Waals surface area contributed by atoms with E-state index in [0.29, 0.717) is 16.6 Å². The van der Waals surface area contributed by atoms with Gasteiger partial charge in [-0.1, -0.05) is 24.3 Å². The SMILES string of the molecule is O=C(Cn1nc2ccccc2n1)NN=Cc1cccc([N+](=O)[O-])c1. The van der Waals surface area contributed by atoms with Crippen molar-refractivity contribution in [2.24, 2.45) is 5.10 Å². The van der Waals surface area contributed by atoms with Gasteiger partial charge in [0.25, 0.3) is 11.6 Å². The van der Waals surface area contributed by atoms with E-state index in [9.17, 15) is 14.9 Å². The Labute approximate surface area is 135 Å². The lowest BCUT2D eigenvalue weighted by Gasteiger charge is -1.98. The average Bonchev–Trinajstić information content (AvgIpc) is 2.97. The molecule has 3 rings (SSSR count). The van der Waals surface area contributed by atoms with Gasteiger partial charge in [-0.15, -0.1) is 0 Å². The molecule has 3 aromatic rings. The maximum absolute atomic E-state index is 11.8. The lowest BCUT2D eigenvalue weighted by atomic mass is 10.2. The topological polar surface area (TPSA) is 115 Å². The standard InChI is InChI=1S/C15H12N6O3/c22-15(10-20-18-13-6-1-2-7-14(13)19-20)17-16-9-11-4-3-5-12(8-11)21(23)24/h1-9H,10H2,(H,17,22). The molecule has 0 saturated heterocycles. The van der Waals surface area contributed by atoms with E-state index in [2.05, 4.69) is 20.7 Å². The fourth-order valence-electron chi connectivity index (χ4n) is 2.04. The van der Waals surface area contributed by atoms with Gasteiger partial charge in [0.15, 0.2) is 0 Å². The summed E-state index contributed by atoms with van der Waals surface area (Å²) in [5.41, 5.74) is 4.19. The maximum Gasteiger partial charge on any atom is 0.270 e. The van der Waals surface area contributed by atoms with Gasteiger partial charge in [0.05, 0.1) is 11.1 Å². The number of rotatable bonds is 5. The molecule has 0 saturated carbocycles. The Bertz CT molecular complexity index is 901. The minimum Gasteiger partial charge on any atom is -0.271 e. The first kappa shape index (κ1) is 15.3. The molecule has 1 heterocycles. The minimum atomic E-state index is -0.496. The van der Waals surface area contributed by atoms with E-state index in [-0.39, 0.29) is 12.2 Å². The summed E-state index contributed by atoms with van der Waals surface area (Å²) in [6.07, 6.45) is 1.33. The van der Waals surface area contributed by atoms with Gasteiger partial charge in [-0.2, -0.15) is 20.1 Å². The highest BCUT2D eigenvalue weighted by atomic mass is 16.6. The molecule has 0 atom stereocenters. The third-order valence-electron chi connectivity index (χ3n) is 3.10. The molecule has 0 radical (unpaired) electrons. The summed E-state index contributed by atoms with van der Waals surface area (Å²) >= 11 is 0. The second-order valence-electron chi connectivity index (χ2n) is 4.86. The van der Waals surface area contributed by atoms with Crippen molar-refractivity contribution >= 4 is 28.8 Å². The van der Waals surface area contributed by atoms with Gasteiger partial charge >= 0.3 is 0 Å². The zero-order chi connectivity index (χ0) is 16.9. The molecular weight excluding hydrogens is 312 g/mol. The summed E-state index contributed by atoms with van der Waals surface area (Å²) in [6.45, 7) is -0.0824. The van der Waals surface area contributed by atoms with Crippen molar-refractivity contribution in [1.29, 1.82) is 0 Å². The first-order chi connectivity index (χ1) is 11.6. The molecule has 0 aliphatic heterocycles. The fraction of sp³-hybridized carbons (Fsp3) is 0.0667. The summed E-state index contributed by atoms with van der Waals surface area (Å²) < 4.78 is 0. The first-order valence-corrected chi connectivity index (χ1v) is 6.98. The van der Waals surface area contributed by atoms with E-state index in [1.54, 1.807) is 24.3 Å². The number of hydrazone groups is 1. The van der Waals surface area contributed by atoms with E-state index in [4.69, 9.17) is 0 Å². The van der Waals surface area contributed by atoms with Crippen LogP contribution < -0.4 is 5.43 Å². The first-order valence-electron chi connectivity index (χ1n) is 6.98. The van der Waals surface area contributed by atoms with Crippen molar-refractivity contribution in [1.82, 2.24) is 20.4 Å². The zero-order valence-corrected chi connectivity index (χ0v) is 12.4. The van der Waals surface area contributed by atoms with Gasteiger partial charge in [0.2, 0.25) is 0 Å². The van der Waals surface area contributed by atoms with Gasteiger partial charge in [-0.05, 0) is 12.1 Å². The number of carbonyl (C=O) groups is 1. The van der Waals surface area contributed by atoms with Crippen LogP contribution in [0.2, 0.25) is 0 Å². The number of hydrogen-bond donors (Lipinski definition) is 1. The van der Waals surface area contributed by atoms with E-state index >= 15 is 0 Å². The van der Waals surface area contributed by atoms with Crippen LogP contribution in [0.1, 0.15) is 5.56 Å². The molecule has 1 amide bonds. The van der Waals surface area contributed by atoms with Crippen LogP contribution in [-0.4, -0.2) is 32.0 Å².